The first-order valence-corrected chi connectivity index (χ1v) is 10.1. The van der Waals surface area contributed by atoms with E-state index in [2.05, 4.69) is 56.2 Å². The zero-order chi connectivity index (χ0) is 19.6. The van der Waals surface area contributed by atoms with Gasteiger partial charge in [0.15, 0.2) is 5.58 Å². The summed E-state index contributed by atoms with van der Waals surface area (Å²) in [7, 11) is 0. The molecule has 0 amide bonds. The Morgan fingerprint density at radius 1 is 0.897 bits per heavy atom. The number of aromatic nitrogens is 2. The number of para-hydroxylation sites is 2. The lowest BCUT2D eigenvalue weighted by Crippen LogP contribution is -2.45. The van der Waals surface area contributed by atoms with Gasteiger partial charge in [0.25, 0.3) is 0 Å². The van der Waals surface area contributed by atoms with Gasteiger partial charge >= 0.3 is 0 Å². The van der Waals surface area contributed by atoms with E-state index >= 15 is 0 Å². The number of hydrogen-bond acceptors (Lipinski definition) is 5. The predicted molar refractivity (Wildman–Crippen MR) is 116 cm³/mol. The van der Waals surface area contributed by atoms with Crippen LogP contribution in [0.15, 0.2) is 71.3 Å². The average molecular weight is 384 g/mol. The fourth-order valence-electron chi connectivity index (χ4n) is 3.82. The van der Waals surface area contributed by atoms with Crippen molar-refractivity contribution in [2.45, 2.75) is 13.5 Å². The third-order valence-electron chi connectivity index (χ3n) is 5.52. The highest BCUT2D eigenvalue weighted by Gasteiger charge is 2.18. The number of piperazine rings is 1. The molecular weight excluding hydrogens is 360 g/mol. The van der Waals surface area contributed by atoms with Crippen molar-refractivity contribution >= 4 is 16.8 Å². The third kappa shape index (κ3) is 3.87. The second-order valence-corrected chi connectivity index (χ2v) is 7.60. The fourth-order valence-corrected chi connectivity index (χ4v) is 3.82. The molecule has 3 heterocycles. The second kappa shape index (κ2) is 7.68. The van der Waals surface area contributed by atoms with Crippen molar-refractivity contribution in [1.29, 1.82) is 0 Å². The molecule has 1 fully saturated rings. The molecule has 4 aromatic rings. The van der Waals surface area contributed by atoms with Crippen LogP contribution in [0.3, 0.4) is 0 Å². The number of aryl methyl sites for hydroxylation is 1. The van der Waals surface area contributed by atoms with E-state index < -0.39 is 0 Å². The van der Waals surface area contributed by atoms with Gasteiger partial charge in [0, 0.05) is 55.9 Å². The molecule has 0 radical (unpaired) electrons. The largest absolute Gasteiger partial charge is 0.436 e. The number of anilines is 1. The Morgan fingerprint density at radius 2 is 1.69 bits per heavy atom. The highest BCUT2D eigenvalue weighted by atomic mass is 16.3. The third-order valence-corrected chi connectivity index (χ3v) is 5.52. The summed E-state index contributed by atoms with van der Waals surface area (Å²) in [6, 6.07) is 20.7. The Bertz CT molecular complexity index is 1060. The maximum atomic E-state index is 5.88. The van der Waals surface area contributed by atoms with Gasteiger partial charge in [0.2, 0.25) is 5.89 Å². The molecule has 1 saturated heterocycles. The van der Waals surface area contributed by atoms with Crippen molar-refractivity contribution in [3.63, 3.8) is 0 Å². The summed E-state index contributed by atoms with van der Waals surface area (Å²) in [5, 5.41) is 0. The maximum Gasteiger partial charge on any atom is 0.227 e. The number of pyridine rings is 1. The van der Waals surface area contributed by atoms with E-state index in [1.54, 1.807) is 0 Å². The zero-order valence-corrected chi connectivity index (χ0v) is 16.6. The van der Waals surface area contributed by atoms with Gasteiger partial charge in [-0.2, -0.15) is 0 Å². The smallest absolute Gasteiger partial charge is 0.227 e. The van der Waals surface area contributed by atoms with Crippen molar-refractivity contribution in [2.75, 3.05) is 31.1 Å². The molecule has 5 nitrogen and oxygen atoms in total. The minimum absolute atomic E-state index is 0.675. The topological polar surface area (TPSA) is 45.4 Å². The molecule has 146 valence electrons. The number of fused-ring (bicyclic) bond motifs is 1. The second-order valence-electron chi connectivity index (χ2n) is 7.60. The van der Waals surface area contributed by atoms with Crippen LogP contribution in [0.4, 0.5) is 5.69 Å². The summed E-state index contributed by atoms with van der Waals surface area (Å²) in [5.41, 5.74) is 6.33. The van der Waals surface area contributed by atoms with Crippen molar-refractivity contribution in [1.82, 2.24) is 14.9 Å². The van der Waals surface area contributed by atoms with Gasteiger partial charge in [-0.25, -0.2) is 4.98 Å². The standard InChI is InChI=1S/C24H24N4O/c1-18-6-7-19(16-25-18)17-27-12-14-28(15-13-27)21-10-8-20(9-11-21)24-26-22-4-2-3-5-23(22)29-24/h2-11,16H,12-15,17H2,1H3. The molecule has 1 aliphatic heterocycles. The molecule has 29 heavy (non-hydrogen) atoms. The molecule has 0 N–H and O–H groups in total. The van der Waals surface area contributed by atoms with E-state index in [9.17, 15) is 0 Å². The molecule has 2 aromatic carbocycles. The molecule has 0 spiro atoms. The van der Waals surface area contributed by atoms with Gasteiger partial charge in [0.05, 0.1) is 0 Å². The summed E-state index contributed by atoms with van der Waals surface area (Å²) < 4.78 is 5.88. The number of oxazole rings is 1. The molecule has 0 bridgehead atoms. The number of nitrogens with zero attached hydrogens (tertiary/aromatic N) is 4. The van der Waals surface area contributed by atoms with Gasteiger partial charge in [-0.3, -0.25) is 9.88 Å². The van der Waals surface area contributed by atoms with Crippen LogP contribution in [0.25, 0.3) is 22.6 Å². The normalized spacial score (nSPS) is 15.1. The van der Waals surface area contributed by atoms with E-state index in [1.807, 2.05) is 37.4 Å². The van der Waals surface area contributed by atoms with Gasteiger partial charge in [-0.05, 0) is 55.0 Å². The summed E-state index contributed by atoms with van der Waals surface area (Å²) >= 11 is 0. The zero-order valence-electron chi connectivity index (χ0n) is 16.6. The molecule has 0 aliphatic carbocycles. The lowest BCUT2D eigenvalue weighted by molar-refractivity contribution is 0.249. The van der Waals surface area contributed by atoms with Gasteiger partial charge in [-0.1, -0.05) is 18.2 Å². The molecular formula is C24H24N4O. The van der Waals surface area contributed by atoms with Crippen LogP contribution in [0.5, 0.6) is 0 Å². The van der Waals surface area contributed by atoms with Crippen LogP contribution in [-0.4, -0.2) is 41.0 Å². The SMILES string of the molecule is Cc1ccc(CN2CCN(c3ccc(-c4nc5ccccc5o4)cc3)CC2)cn1. The first kappa shape index (κ1) is 17.9. The average Bonchev–Trinajstić information content (AvgIpc) is 3.20. The van der Waals surface area contributed by atoms with Crippen LogP contribution in [0.1, 0.15) is 11.3 Å². The molecule has 5 rings (SSSR count). The Kier molecular flexibility index (Phi) is 4.74. The molecule has 0 atom stereocenters. The molecule has 0 unspecified atom stereocenters. The van der Waals surface area contributed by atoms with Gasteiger partial charge in [-0.15, -0.1) is 0 Å². The highest BCUT2D eigenvalue weighted by Crippen LogP contribution is 2.26. The first-order chi connectivity index (χ1) is 14.2. The lowest BCUT2D eigenvalue weighted by Gasteiger charge is -2.36. The van der Waals surface area contributed by atoms with Crippen LogP contribution >= 0.6 is 0 Å². The van der Waals surface area contributed by atoms with Crippen LogP contribution < -0.4 is 4.90 Å². The van der Waals surface area contributed by atoms with E-state index in [0.29, 0.717) is 5.89 Å². The van der Waals surface area contributed by atoms with Crippen molar-refractivity contribution < 1.29 is 4.42 Å². The Morgan fingerprint density at radius 3 is 2.41 bits per heavy atom. The van der Waals surface area contributed by atoms with E-state index in [-0.39, 0.29) is 0 Å². The monoisotopic (exact) mass is 384 g/mol. The Labute approximate surface area is 170 Å². The Balaban J connectivity index is 1.22. The van der Waals surface area contributed by atoms with Crippen LogP contribution in [0.2, 0.25) is 0 Å². The summed E-state index contributed by atoms with van der Waals surface area (Å²) in [4.78, 5) is 13.9. The summed E-state index contributed by atoms with van der Waals surface area (Å²) in [5.74, 6) is 0.675. The fraction of sp³-hybridized carbons (Fsp3) is 0.250. The predicted octanol–water partition coefficient (Wildman–Crippen LogP) is 4.52. The number of rotatable bonds is 4. The summed E-state index contributed by atoms with van der Waals surface area (Å²) in [6.45, 7) is 7.17. The quantitative estimate of drug-likeness (QED) is 0.518. The van der Waals surface area contributed by atoms with E-state index in [1.165, 1.54) is 11.3 Å². The van der Waals surface area contributed by atoms with Crippen LogP contribution in [-0.2, 0) is 6.54 Å². The first-order valence-electron chi connectivity index (χ1n) is 10.1. The van der Waals surface area contributed by atoms with Crippen LogP contribution in [0, 0.1) is 6.92 Å². The number of hydrogen-bond donors (Lipinski definition) is 0. The molecule has 5 heteroatoms. The minimum atomic E-state index is 0.675. The lowest BCUT2D eigenvalue weighted by atomic mass is 10.1. The van der Waals surface area contributed by atoms with E-state index in [4.69, 9.17) is 4.42 Å². The maximum absolute atomic E-state index is 5.88. The summed E-state index contributed by atoms with van der Waals surface area (Å²) in [6.07, 6.45) is 1.99. The highest BCUT2D eigenvalue weighted by molar-refractivity contribution is 5.76. The van der Waals surface area contributed by atoms with Crippen molar-refractivity contribution in [2.24, 2.45) is 0 Å². The molecule has 2 aromatic heterocycles. The Hall–Kier alpha value is -3.18. The minimum Gasteiger partial charge on any atom is -0.436 e. The van der Waals surface area contributed by atoms with Gasteiger partial charge in [0.1, 0.15) is 5.52 Å². The molecule has 0 saturated carbocycles. The molecule has 1 aliphatic rings. The number of benzene rings is 2. The van der Waals surface area contributed by atoms with E-state index in [0.717, 1.165) is 55.1 Å². The van der Waals surface area contributed by atoms with Gasteiger partial charge < -0.3 is 9.32 Å². The van der Waals surface area contributed by atoms with Crippen molar-refractivity contribution in [3.8, 4) is 11.5 Å². The van der Waals surface area contributed by atoms with Crippen molar-refractivity contribution in [3.05, 3.63) is 78.1 Å².